The van der Waals surface area contributed by atoms with E-state index >= 15 is 0 Å². The van der Waals surface area contributed by atoms with Gasteiger partial charge in [-0.05, 0) is 48.0 Å². The quantitative estimate of drug-likeness (QED) is 0.827. The summed E-state index contributed by atoms with van der Waals surface area (Å²) >= 11 is 3.26. The minimum atomic E-state index is -3.51. The number of anilines is 1. The molecule has 1 fully saturated rings. The van der Waals surface area contributed by atoms with Gasteiger partial charge in [-0.25, -0.2) is 8.42 Å². The van der Waals surface area contributed by atoms with Crippen molar-refractivity contribution < 1.29 is 13.2 Å². The van der Waals surface area contributed by atoms with Gasteiger partial charge < -0.3 is 10.5 Å². The standard InChI is InChI=1S/C12H17BrN2O3S/c1-8-6-15(7-9(2)18-8)19(16,17)10-3-4-11(13)12(14)5-10/h3-5,8-9H,6-7,14H2,1-2H3. The molecular formula is C12H17BrN2O3S. The van der Waals surface area contributed by atoms with Crippen LogP contribution < -0.4 is 5.73 Å². The summed E-state index contributed by atoms with van der Waals surface area (Å²) in [7, 11) is -3.51. The molecule has 0 aromatic heterocycles. The third kappa shape index (κ3) is 3.10. The lowest BCUT2D eigenvalue weighted by molar-refractivity contribution is -0.0440. The summed E-state index contributed by atoms with van der Waals surface area (Å²) in [6, 6.07) is 4.68. The SMILES string of the molecule is CC1CN(S(=O)(=O)c2ccc(Br)c(N)c2)CC(C)O1. The first kappa shape index (κ1) is 14.8. The molecule has 1 heterocycles. The Bertz CT molecular complexity index is 566. The van der Waals surface area contributed by atoms with Gasteiger partial charge in [-0.1, -0.05) is 0 Å². The Kier molecular flexibility index (Phi) is 4.20. The molecule has 0 spiro atoms. The van der Waals surface area contributed by atoms with Gasteiger partial charge in [-0.3, -0.25) is 0 Å². The second kappa shape index (κ2) is 5.40. The van der Waals surface area contributed by atoms with Crippen molar-refractivity contribution >= 4 is 31.6 Å². The van der Waals surface area contributed by atoms with E-state index in [4.69, 9.17) is 10.5 Å². The maximum absolute atomic E-state index is 12.5. The molecule has 1 saturated heterocycles. The van der Waals surface area contributed by atoms with E-state index in [9.17, 15) is 8.42 Å². The molecule has 1 aliphatic heterocycles. The lowest BCUT2D eigenvalue weighted by atomic mass is 10.3. The number of rotatable bonds is 2. The predicted molar refractivity (Wildman–Crippen MR) is 77.3 cm³/mol. The summed E-state index contributed by atoms with van der Waals surface area (Å²) in [5, 5.41) is 0. The Morgan fingerprint density at radius 1 is 1.32 bits per heavy atom. The van der Waals surface area contributed by atoms with Gasteiger partial charge in [-0.2, -0.15) is 4.31 Å². The van der Waals surface area contributed by atoms with Crippen LogP contribution in [0.1, 0.15) is 13.8 Å². The lowest BCUT2D eigenvalue weighted by Gasteiger charge is -2.34. The molecule has 0 amide bonds. The fourth-order valence-corrected chi connectivity index (χ4v) is 4.03. The molecule has 7 heteroatoms. The topological polar surface area (TPSA) is 72.6 Å². The molecule has 0 bridgehead atoms. The van der Waals surface area contributed by atoms with Gasteiger partial charge in [0.05, 0.1) is 17.1 Å². The minimum absolute atomic E-state index is 0.105. The number of ether oxygens (including phenoxy) is 1. The van der Waals surface area contributed by atoms with Gasteiger partial charge in [0.1, 0.15) is 0 Å². The highest BCUT2D eigenvalue weighted by atomic mass is 79.9. The number of nitrogen functional groups attached to an aromatic ring is 1. The van der Waals surface area contributed by atoms with Crippen LogP contribution in [0.2, 0.25) is 0 Å². The summed E-state index contributed by atoms with van der Waals surface area (Å²) in [4.78, 5) is 0.217. The maximum Gasteiger partial charge on any atom is 0.243 e. The number of hydrogen-bond acceptors (Lipinski definition) is 4. The summed E-state index contributed by atoms with van der Waals surface area (Å²) in [6.45, 7) is 4.47. The van der Waals surface area contributed by atoms with Crippen molar-refractivity contribution in [3.8, 4) is 0 Å². The third-order valence-corrected chi connectivity index (χ3v) is 5.54. The number of nitrogens with zero attached hydrogens (tertiary/aromatic N) is 1. The summed E-state index contributed by atoms with van der Waals surface area (Å²) in [5.41, 5.74) is 6.16. The molecular weight excluding hydrogens is 332 g/mol. The molecule has 2 N–H and O–H groups in total. The first-order valence-electron chi connectivity index (χ1n) is 6.01. The van der Waals surface area contributed by atoms with Crippen LogP contribution in [0, 0.1) is 0 Å². The van der Waals surface area contributed by atoms with E-state index in [0.29, 0.717) is 23.2 Å². The van der Waals surface area contributed by atoms with Gasteiger partial charge in [-0.15, -0.1) is 0 Å². The fourth-order valence-electron chi connectivity index (χ4n) is 2.16. The number of halogens is 1. The van der Waals surface area contributed by atoms with E-state index in [0.717, 1.165) is 0 Å². The van der Waals surface area contributed by atoms with Crippen molar-refractivity contribution in [2.75, 3.05) is 18.8 Å². The van der Waals surface area contributed by atoms with Crippen molar-refractivity contribution in [2.24, 2.45) is 0 Å². The van der Waals surface area contributed by atoms with E-state index in [1.807, 2.05) is 13.8 Å². The number of benzene rings is 1. The Morgan fingerprint density at radius 2 is 1.89 bits per heavy atom. The Labute approximate surface area is 121 Å². The normalized spacial score (nSPS) is 25.4. The van der Waals surface area contributed by atoms with Crippen molar-refractivity contribution in [2.45, 2.75) is 31.0 Å². The van der Waals surface area contributed by atoms with Crippen molar-refractivity contribution in [3.05, 3.63) is 22.7 Å². The lowest BCUT2D eigenvalue weighted by Crippen LogP contribution is -2.48. The highest BCUT2D eigenvalue weighted by molar-refractivity contribution is 9.10. The van der Waals surface area contributed by atoms with Crippen LogP contribution in [0.4, 0.5) is 5.69 Å². The zero-order chi connectivity index (χ0) is 14.2. The second-order valence-electron chi connectivity index (χ2n) is 4.76. The molecule has 1 aliphatic rings. The molecule has 106 valence electrons. The number of nitrogens with two attached hydrogens (primary N) is 1. The summed E-state index contributed by atoms with van der Waals surface area (Å²) in [5.74, 6) is 0. The highest BCUT2D eigenvalue weighted by Gasteiger charge is 2.32. The molecule has 1 aromatic carbocycles. The van der Waals surface area contributed by atoms with Crippen LogP contribution in [0.25, 0.3) is 0 Å². The third-order valence-electron chi connectivity index (χ3n) is 2.99. The maximum atomic E-state index is 12.5. The van der Waals surface area contributed by atoms with E-state index < -0.39 is 10.0 Å². The van der Waals surface area contributed by atoms with Crippen LogP contribution in [-0.4, -0.2) is 38.0 Å². The van der Waals surface area contributed by atoms with Crippen molar-refractivity contribution in [1.82, 2.24) is 4.31 Å². The molecule has 1 aromatic rings. The van der Waals surface area contributed by atoms with Gasteiger partial charge >= 0.3 is 0 Å². The molecule has 2 unspecified atom stereocenters. The highest BCUT2D eigenvalue weighted by Crippen LogP contribution is 2.26. The molecule has 2 rings (SSSR count). The first-order valence-corrected chi connectivity index (χ1v) is 8.24. The monoisotopic (exact) mass is 348 g/mol. The smallest absolute Gasteiger partial charge is 0.243 e. The Hall–Kier alpha value is -0.630. The van der Waals surface area contributed by atoms with Gasteiger partial charge in [0.25, 0.3) is 0 Å². The summed E-state index contributed by atoms with van der Waals surface area (Å²) < 4.78 is 32.8. The van der Waals surface area contributed by atoms with Crippen molar-refractivity contribution in [1.29, 1.82) is 0 Å². The fraction of sp³-hybridized carbons (Fsp3) is 0.500. The second-order valence-corrected chi connectivity index (χ2v) is 7.55. The van der Waals surface area contributed by atoms with Gasteiger partial charge in [0.2, 0.25) is 10.0 Å². The molecule has 2 atom stereocenters. The van der Waals surface area contributed by atoms with E-state index in [1.54, 1.807) is 12.1 Å². The number of hydrogen-bond donors (Lipinski definition) is 1. The number of morpholine rings is 1. The van der Waals surface area contributed by atoms with Crippen LogP contribution in [0.15, 0.2) is 27.6 Å². The first-order chi connectivity index (χ1) is 8.80. The molecule has 0 aliphatic carbocycles. The molecule has 5 nitrogen and oxygen atoms in total. The van der Waals surface area contributed by atoms with Gasteiger partial charge in [0.15, 0.2) is 0 Å². The molecule has 19 heavy (non-hydrogen) atoms. The van der Waals surface area contributed by atoms with E-state index in [2.05, 4.69) is 15.9 Å². The minimum Gasteiger partial charge on any atom is -0.398 e. The van der Waals surface area contributed by atoms with Crippen LogP contribution in [-0.2, 0) is 14.8 Å². The van der Waals surface area contributed by atoms with Crippen molar-refractivity contribution in [3.63, 3.8) is 0 Å². The number of sulfonamides is 1. The van der Waals surface area contributed by atoms with Crippen LogP contribution in [0.5, 0.6) is 0 Å². The van der Waals surface area contributed by atoms with E-state index in [1.165, 1.54) is 10.4 Å². The predicted octanol–water partition coefficient (Wildman–Crippen LogP) is 1.83. The zero-order valence-electron chi connectivity index (χ0n) is 10.8. The zero-order valence-corrected chi connectivity index (χ0v) is 13.2. The van der Waals surface area contributed by atoms with Crippen LogP contribution >= 0.6 is 15.9 Å². The van der Waals surface area contributed by atoms with Crippen LogP contribution in [0.3, 0.4) is 0 Å². The average molecular weight is 349 g/mol. The molecule has 0 radical (unpaired) electrons. The van der Waals surface area contributed by atoms with Gasteiger partial charge in [0, 0.05) is 23.2 Å². The average Bonchev–Trinajstić information content (AvgIpc) is 2.31. The molecule has 0 saturated carbocycles. The summed E-state index contributed by atoms with van der Waals surface area (Å²) in [6.07, 6.45) is -0.211. The largest absolute Gasteiger partial charge is 0.398 e. The van der Waals surface area contributed by atoms with E-state index in [-0.39, 0.29) is 17.1 Å². The Morgan fingerprint density at radius 3 is 2.42 bits per heavy atom. The Balaban J connectivity index is 2.33.